The molecular weight excluding hydrogens is 312 g/mol. The number of amidine groups is 1. The molecule has 0 aromatic heterocycles. The highest BCUT2D eigenvalue weighted by Crippen LogP contribution is 2.36. The predicted molar refractivity (Wildman–Crippen MR) is 103 cm³/mol. The van der Waals surface area contributed by atoms with Crippen LogP contribution in [0.4, 0.5) is 0 Å². The summed E-state index contributed by atoms with van der Waals surface area (Å²) in [5, 5.41) is 0. The molecule has 5 nitrogen and oxygen atoms in total. The SMILES string of the molecule is C#C.C=CN1CCOc2cc(C3CCCN3C(=C)N)ccc2C1=NC. The van der Waals surface area contributed by atoms with Crippen LogP contribution in [-0.4, -0.2) is 42.4 Å². The maximum Gasteiger partial charge on any atom is 0.138 e. The molecule has 2 heterocycles. The van der Waals surface area contributed by atoms with Crippen LogP contribution < -0.4 is 10.5 Å². The van der Waals surface area contributed by atoms with Crippen LogP contribution in [-0.2, 0) is 0 Å². The van der Waals surface area contributed by atoms with Crippen LogP contribution in [0.2, 0.25) is 0 Å². The standard InChI is InChI=1S/C18H24N4O.C2H2/c1-4-21-10-11-23-17-12-14(7-8-15(17)18(21)20-3)16-6-5-9-22(16)13(2)19;1-2/h4,7-8,12,16H,1-2,5-6,9-11,19H2,3H3;1-2H. The van der Waals surface area contributed by atoms with E-state index in [-0.39, 0.29) is 6.04 Å². The fourth-order valence-electron chi connectivity index (χ4n) is 3.45. The molecule has 0 amide bonds. The number of benzene rings is 1. The molecule has 2 N–H and O–H groups in total. The van der Waals surface area contributed by atoms with Crippen LogP contribution in [0.1, 0.15) is 30.0 Å². The smallest absolute Gasteiger partial charge is 0.138 e. The molecule has 0 spiro atoms. The molecule has 0 aliphatic carbocycles. The zero-order valence-corrected chi connectivity index (χ0v) is 14.8. The fourth-order valence-corrected chi connectivity index (χ4v) is 3.45. The summed E-state index contributed by atoms with van der Waals surface area (Å²) in [5.74, 6) is 2.41. The average molecular weight is 338 g/mol. The number of nitrogens with zero attached hydrogens (tertiary/aromatic N) is 3. The molecule has 0 radical (unpaired) electrons. The lowest BCUT2D eigenvalue weighted by Gasteiger charge is -2.27. The Morgan fingerprint density at radius 3 is 2.80 bits per heavy atom. The average Bonchev–Trinajstić information content (AvgIpc) is 3.06. The van der Waals surface area contributed by atoms with Crippen molar-refractivity contribution in [1.82, 2.24) is 9.80 Å². The van der Waals surface area contributed by atoms with Gasteiger partial charge in [0.2, 0.25) is 0 Å². The molecule has 1 unspecified atom stereocenters. The van der Waals surface area contributed by atoms with E-state index in [9.17, 15) is 0 Å². The van der Waals surface area contributed by atoms with Gasteiger partial charge in [0.15, 0.2) is 0 Å². The van der Waals surface area contributed by atoms with Crippen molar-refractivity contribution in [3.8, 4) is 18.6 Å². The highest BCUT2D eigenvalue weighted by Gasteiger charge is 2.28. The Labute approximate surface area is 150 Å². The summed E-state index contributed by atoms with van der Waals surface area (Å²) in [7, 11) is 1.80. The minimum absolute atomic E-state index is 0.280. The van der Waals surface area contributed by atoms with Crippen molar-refractivity contribution < 1.29 is 4.74 Å². The zero-order chi connectivity index (χ0) is 18.4. The van der Waals surface area contributed by atoms with Crippen molar-refractivity contribution in [3.05, 3.63) is 54.5 Å². The molecule has 1 atom stereocenters. The van der Waals surface area contributed by atoms with E-state index >= 15 is 0 Å². The van der Waals surface area contributed by atoms with Crippen LogP contribution in [0.15, 0.2) is 48.4 Å². The van der Waals surface area contributed by atoms with E-state index < -0.39 is 0 Å². The maximum atomic E-state index is 5.97. The number of aliphatic imine (C=N–C) groups is 1. The highest BCUT2D eigenvalue weighted by molar-refractivity contribution is 6.02. The van der Waals surface area contributed by atoms with Gasteiger partial charge in [-0.05, 0) is 36.7 Å². The monoisotopic (exact) mass is 338 g/mol. The van der Waals surface area contributed by atoms with Gasteiger partial charge < -0.3 is 20.3 Å². The first kappa shape index (κ1) is 18.5. The molecule has 132 valence electrons. The van der Waals surface area contributed by atoms with Crippen LogP contribution in [0.5, 0.6) is 5.75 Å². The normalized spacial score (nSPS) is 20.8. The molecular formula is C20H26N4O. The van der Waals surface area contributed by atoms with Gasteiger partial charge in [-0.2, -0.15) is 0 Å². The second-order valence-corrected chi connectivity index (χ2v) is 5.87. The Hall–Kier alpha value is -2.87. The molecule has 5 heteroatoms. The number of likely N-dealkylation sites (tertiary alicyclic amines) is 1. The summed E-state index contributed by atoms with van der Waals surface area (Å²) in [5.41, 5.74) is 8.15. The van der Waals surface area contributed by atoms with Crippen LogP contribution in [0, 0.1) is 12.8 Å². The molecule has 25 heavy (non-hydrogen) atoms. The molecule has 3 rings (SSSR count). The summed E-state index contributed by atoms with van der Waals surface area (Å²) in [6.07, 6.45) is 12.0. The van der Waals surface area contributed by atoms with Gasteiger partial charge in [0.05, 0.1) is 24.0 Å². The van der Waals surface area contributed by atoms with E-state index in [2.05, 4.69) is 54.1 Å². The van der Waals surface area contributed by atoms with Gasteiger partial charge in [-0.15, -0.1) is 12.8 Å². The second-order valence-electron chi connectivity index (χ2n) is 5.87. The third kappa shape index (κ3) is 3.63. The van der Waals surface area contributed by atoms with Crippen molar-refractivity contribution >= 4 is 5.84 Å². The lowest BCUT2D eigenvalue weighted by molar-refractivity contribution is 0.298. The number of nitrogens with two attached hydrogens (primary N) is 1. The van der Waals surface area contributed by atoms with Gasteiger partial charge in [-0.3, -0.25) is 4.99 Å². The first-order valence-corrected chi connectivity index (χ1v) is 8.33. The summed E-state index contributed by atoms with van der Waals surface area (Å²) in [4.78, 5) is 8.61. The number of hydrogen-bond acceptors (Lipinski definition) is 4. The zero-order valence-electron chi connectivity index (χ0n) is 14.8. The Bertz CT molecular complexity index is 692. The quantitative estimate of drug-likeness (QED) is 0.861. The largest absolute Gasteiger partial charge is 0.491 e. The topological polar surface area (TPSA) is 54.1 Å². The van der Waals surface area contributed by atoms with Crippen LogP contribution >= 0.6 is 0 Å². The molecule has 1 aromatic carbocycles. The predicted octanol–water partition coefficient (Wildman–Crippen LogP) is 2.72. The van der Waals surface area contributed by atoms with Gasteiger partial charge in [0, 0.05) is 13.6 Å². The van der Waals surface area contributed by atoms with E-state index in [0.29, 0.717) is 12.4 Å². The number of ether oxygens (including phenoxy) is 1. The van der Waals surface area contributed by atoms with Crippen molar-refractivity contribution in [2.24, 2.45) is 10.7 Å². The molecule has 1 fully saturated rings. The molecule has 0 saturated carbocycles. The van der Waals surface area contributed by atoms with Gasteiger partial charge in [-0.25, -0.2) is 0 Å². The van der Waals surface area contributed by atoms with Crippen molar-refractivity contribution in [2.45, 2.75) is 18.9 Å². The minimum Gasteiger partial charge on any atom is -0.491 e. The lowest BCUT2D eigenvalue weighted by atomic mass is 10.0. The van der Waals surface area contributed by atoms with Crippen LogP contribution in [0.3, 0.4) is 0 Å². The van der Waals surface area contributed by atoms with Crippen LogP contribution in [0.25, 0.3) is 0 Å². The molecule has 0 bridgehead atoms. The van der Waals surface area contributed by atoms with E-state index in [0.717, 1.165) is 43.1 Å². The van der Waals surface area contributed by atoms with E-state index in [1.54, 1.807) is 13.2 Å². The third-order valence-electron chi connectivity index (χ3n) is 4.55. The Morgan fingerprint density at radius 1 is 1.40 bits per heavy atom. The first-order valence-electron chi connectivity index (χ1n) is 8.33. The summed E-state index contributed by atoms with van der Waals surface area (Å²) in [6, 6.07) is 6.64. The van der Waals surface area contributed by atoms with Crippen molar-refractivity contribution in [1.29, 1.82) is 0 Å². The number of hydrogen-bond donors (Lipinski definition) is 1. The molecule has 2 aliphatic rings. The summed E-state index contributed by atoms with van der Waals surface area (Å²) in [6.45, 7) is 10.1. The first-order chi connectivity index (χ1) is 12.2. The Balaban J connectivity index is 0.00000109. The van der Waals surface area contributed by atoms with Gasteiger partial charge in [0.25, 0.3) is 0 Å². The summed E-state index contributed by atoms with van der Waals surface area (Å²) >= 11 is 0. The van der Waals surface area contributed by atoms with E-state index in [4.69, 9.17) is 10.5 Å². The Morgan fingerprint density at radius 2 is 2.16 bits per heavy atom. The Kier molecular flexibility index (Phi) is 6.13. The molecule has 1 aromatic rings. The molecule has 2 aliphatic heterocycles. The number of terminal acetylenes is 1. The third-order valence-corrected chi connectivity index (χ3v) is 4.55. The van der Waals surface area contributed by atoms with Gasteiger partial charge in [0.1, 0.15) is 18.2 Å². The van der Waals surface area contributed by atoms with Crippen molar-refractivity contribution in [2.75, 3.05) is 26.7 Å². The molecule has 1 saturated heterocycles. The highest BCUT2D eigenvalue weighted by atomic mass is 16.5. The maximum absolute atomic E-state index is 5.97. The number of rotatable bonds is 3. The fraction of sp³-hybridized carbons (Fsp3) is 0.350. The van der Waals surface area contributed by atoms with E-state index in [1.165, 1.54) is 5.56 Å². The lowest BCUT2D eigenvalue weighted by Crippen LogP contribution is -2.27. The minimum atomic E-state index is 0.280. The number of fused-ring (bicyclic) bond motifs is 1. The van der Waals surface area contributed by atoms with Gasteiger partial charge >= 0.3 is 0 Å². The van der Waals surface area contributed by atoms with Gasteiger partial charge in [-0.1, -0.05) is 19.2 Å². The second kappa shape index (κ2) is 8.29. The summed E-state index contributed by atoms with van der Waals surface area (Å²) < 4.78 is 5.97. The van der Waals surface area contributed by atoms with E-state index in [1.807, 2.05) is 4.90 Å². The van der Waals surface area contributed by atoms with Crippen molar-refractivity contribution in [3.63, 3.8) is 0 Å².